The highest BCUT2D eigenvalue weighted by molar-refractivity contribution is 5.85. The van der Waals surface area contributed by atoms with Gasteiger partial charge in [0, 0.05) is 12.2 Å². The van der Waals surface area contributed by atoms with Gasteiger partial charge in [-0.3, -0.25) is 0 Å². The van der Waals surface area contributed by atoms with Crippen LogP contribution in [0, 0.1) is 0 Å². The molecule has 1 aromatic rings. The molecule has 4 heteroatoms. The van der Waals surface area contributed by atoms with E-state index in [0.29, 0.717) is 12.8 Å². The zero-order chi connectivity index (χ0) is 14.5. The molecule has 0 aliphatic carbocycles. The zero-order valence-electron chi connectivity index (χ0n) is 11.1. The highest BCUT2D eigenvalue weighted by Gasteiger charge is 2.00. The van der Waals surface area contributed by atoms with Crippen LogP contribution in [0.1, 0.15) is 18.4 Å². The third-order valence-electron chi connectivity index (χ3n) is 2.14. The normalized spacial score (nSPS) is 9.58. The number of carboxylic acids is 1. The molecule has 0 aromatic heterocycles. The van der Waals surface area contributed by atoms with Crippen molar-refractivity contribution in [2.24, 2.45) is 0 Å². The molecule has 0 radical (unpaired) electrons. The summed E-state index contributed by atoms with van der Waals surface area (Å²) in [5.41, 5.74) is 1.31. The molecule has 1 aromatic carbocycles. The molecule has 19 heavy (non-hydrogen) atoms. The van der Waals surface area contributed by atoms with E-state index in [-0.39, 0.29) is 12.2 Å². The van der Waals surface area contributed by atoms with Crippen LogP contribution in [0.15, 0.2) is 48.7 Å². The maximum absolute atomic E-state index is 10.0. The monoisotopic (exact) mass is 264 g/mol. The predicted octanol–water partition coefficient (Wildman–Crippen LogP) is 2.70. The van der Waals surface area contributed by atoms with E-state index in [2.05, 4.69) is 6.58 Å². The van der Waals surface area contributed by atoms with Gasteiger partial charge in [-0.15, -0.1) is 0 Å². The predicted molar refractivity (Wildman–Crippen MR) is 75.6 cm³/mol. The molecule has 0 aliphatic rings. The number of hydrogen-bond acceptors (Lipinski definition) is 3. The highest BCUT2D eigenvalue weighted by atomic mass is 16.5. The smallest absolute Gasteiger partial charge is 0.330 e. The van der Waals surface area contributed by atoms with Crippen LogP contribution in [0.2, 0.25) is 0 Å². The van der Waals surface area contributed by atoms with Gasteiger partial charge in [0.15, 0.2) is 0 Å². The first-order valence-electron chi connectivity index (χ1n) is 5.88. The van der Waals surface area contributed by atoms with E-state index < -0.39 is 5.97 Å². The molecule has 0 bridgehead atoms. The van der Waals surface area contributed by atoms with Gasteiger partial charge in [-0.2, -0.15) is 0 Å². The van der Waals surface area contributed by atoms with Crippen LogP contribution in [0.4, 0.5) is 0 Å². The van der Waals surface area contributed by atoms with E-state index in [1.807, 2.05) is 36.4 Å². The number of aliphatic carboxylic acids is 1. The van der Waals surface area contributed by atoms with E-state index in [1.54, 1.807) is 13.4 Å². The summed E-state index contributed by atoms with van der Waals surface area (Å²) < 4.78 is 4.77. The maximum Gasteiger partial charge on any atom is 0.330 e. The number of methoxy groups -OCH3 is 1. The van der Waals surface area contributed by atoms with Crippen LogP contribution in [0.25, 0.3) is 6.08 Å². The van der Waals surface area contributed by atoms with Crippen LogP contribution in [0.5, 0.6) is 0 Å². The van der Waals surface area contributed by atoms with Gasteiger partial charge in [0.1, 0.15) is 0 Å². The number of carbonyl (C=O) groups is 1. The van der Waals surface area contributed by atoms with Crippen molar-refractivity contribution in [3.05, 3.63) is 54.3 Å². The number of ether oxygens (including phenoxy) is 1. The van der Waals surface area contributed by atoms with Crippen molar-refractivity contribution >= 4 is 12.0 Å². The fourth-order valence-electron chi connectivity index (χ4n) is 1.11. The lowest BCUT2D eigenvalue weighted by Crippen LogP contribution is -1.99. The number of carboxylic acid groups (broad SMARTS) is 1. The summed E-state index contributed by atoms with van der Waals surface area (Å²) in [7, 11) is 1.64. The number of benzene rings is 1. The molecule has 0 fully saturated rings. The van der Waals surface area contributed by atoms with Crippen molar-refractivity contribution in [2.45, 2.75) is 12.8 Å². The summed E-state index contributed by atoms with van der Waals surface area (Å²) in [4.78, 5) is 10.0. The Hall–Kier alpha value is -2.07. The SMILES string of the molecule is C=C(CCCO)C(=O)O.COC=Cc1ccccc1. The topological polar surface area (TPSA) is 66.8 Å². The summed E-state index contributed by atoms with van der Waals surface area (Å²) in [6.07, 6.45) is 4.42. The first kappa shape index (κ1) is 16.9. The summed E-state index contributed by atoms with van der Waals surface area (Å²) in [5, 5.41) is 16.5. The maximum atomic E-state index is 10.0. The number of aliphatic hydroxyl groups excluding tert-OH is 1. The van der Waals surface area contributed by atoms with Crippen molar-refractivity contribution in [1.29, 1.82) is 0 Å². The standard InChI is InChI=1S/C9H10O.C6H10O3/c1-10-8-7-9-5-3-2-4-6-9;1-5(6(8)9)3-2-4-7/h2-8H,1H3;7H,1-4H2,(H,8,9). The molecular formula is C15H20O4. The molecule has 0 amide bonds. The molecule has 0 saturated carbocycles. The van der Waals surface area contributed by atoms with Gasteiger partial charge in [-0.05, 0) is 24.5 Å². The van der Waals surface area contributed by atoms with E-state index in [4.69, 9.17) is 14.9 Å². The molecule has 0 spiro atoms. The van der Waals surface area contributed by atoms with E-state index >= 15 is 0 Å². The minimum absolute atomic E-state index is 0.0201. The molecule has 0 atom stereocenters. The Morgan fingerprint density at radius 2 is 2.00 bits per heavy atom. The fourth-order valence-corrected chi connectivity index (χ4v) is 1.11. The third kappa shape index (κ3) is 9.62. The molecule has 0 heterocycles. The Morgan fingerprint density at radius 3 is 2.47 bits per heavy atom. The number of rotatable bonds is 6. The van der Waals surface area contributed by atoms with Gasteiger partial charge < -0.3 is 14.9 Å². The Kier molecular flexibility index (Phi) is 9.84. The van der Waals surface area contributed by atoms with Crippen molar-refractivity contribution in [3.8, 4) is 0 Å². The second kappa shape index (κ2) is 11.0. The van der Waals surface area contributed by atoms with E-state index in [9.17, 15) is 4.79 Å². The van der Waals surface area contributed by atoms with Crippen LogP contribution in [-0.4, -0.2) is 29.9 Å². The Bertz CT molecular complexity index is 396. The summed E-state index contributed by atoms with van der Waals surface area (Å²) in [6, 6.07) is 10.0. The zero-order valence-corrected chi connectivity index (χ0v) is 11.1. The van der Waals surface area contributed by atoms with Gasteiger partial charge in [-0.1, -0.05) is 36.9 Å². The number of aliphatic hydroxyl groups is 1. The van der Waals surface area contributed by atoms with Crippen LogP contribution in [0.3, 0.4) is 0 Å². The molecule has 2 N–H and O–H groups in total. The molecule has 4 nitrogen and oxygen atoms in total. The first-order chi connectivity index (χ1) is 9.11. The summed E-state index contributed by atoms with van der Waals surface area (Å²) >= 11 is 0. The Labute approximate surface area is 113 Å². The molecule has 0 aliphatic heterocycles. The van der Waals surface area contributed by atoms with Crippen LogP contribution >= 0.6 is 0 Å². The van der Waals surface area contributed by atoms with Gasteiger partial charge in [-0.25, -0.2) is 4.79 Å². The van der Waals surface area contributed by atoms with E-state index in [0.717, 1.165) is 5.56 Å². The van der Waals surface area contributed by atoms with Crippen LogP contribution in [-0.2, 0) is 9.53 Å². The van der Waals surface area contributed by atoms with Crippen molar-refractivity contribution in [2.75, 3.05) is 13.7 Å². The summed E-state index contributed by atoms with van der Waals surface area (Å²) in [5.74, 6) is -0.983. The first-order valence-corrected chi connectivity index (χ1v) is 5.88. The lowest BCUT2D eigenvalue weighted by molar-refractivity contribution is -0.132. The van der Waals surface area contributed by atoms with Gasteiger partial charge in [0.05, 0.1) is 13.4 Å². The lowest BCUT2D eigenvalue weighted by atomic mass is 10.2. The molecular weight excluding hydrogens is 244 g/mol. The quantitative estimate of drug-likeness (QED) is 0.612. The van der Waals surface area contributed by atoms with Gasteiger partial charge in [0.2, 0.25) is 0 Å². The van der Waals surface area contributed by atoms with Gasteiger partial charge in [0.25, 0.3) is 0 Å². The second-order valence-electron chi connectivity index (χ2n) is 3.69. The van der Waals surface area contributed by atoms with Gasteiger partial charge >= 0.3 is 5.97 Å². The third-order valence-corrected chi connectivity index (χ3v) is 2.14. The lowest BCUT2D eigenvalue weighted by Gasteiger charge is -1.94. The second-order valence-corrected chi connectivity index (χ2v) is 3.69. The van der Waals surface area contributed by atoms with Crippen molar-refractivity contribution in [1.82, 2.24) is 0 Å². The number of hydrogen-bond donors (Lipinski definition) is 2. The Balaban J connectivity index is 0.000000344. The molecule has 0 unspecified atom stereocenters. The van der Waals surface area contributed by atoms with Crippen LogP contribution < -0.4 is 0 Å². The highest BCUT2D eigenvalue weighted by Crippen LogP contribution is 2.00. The van der Waals surface area contributed by atoms with Crippen molar-refractivity contribution in [3.63, 3.8) is 0 Å². The largest absolute Gasteiger partial charge is 0.504 e. The average Bonchev–Trinajstić information content (AvgIpc) is 2.44. The minimum Gasteiger partial charge on any atom is -0.504 e. The average molecular weight is 264 g/mol. The van der Waals surface area contributed by atoms with E-state index in [1.165, 1.54) is 0 Å². The minimum atomic E-state index is -0.983. The Morgan fingerprint density at radius 1 is 1.37 bits per heavy atom. The molecule has 1 rings (SSSR count). The van der Waals surface area contributed by atoms with Crippen molar-refractivity contribution < 1.29 is 19.7 Å². The summed E-state index contributed by atoms with van der Waals surface area (Å²) in [6.45, 7) is 3.30. The molecule has 104 valence electrons. The molecule has 0 saturated heterocycles. The fraction of sp³-hybridized carbons (Fsp3) is 0.267.